The first-order chi connectivity index (χ1) is 22.5. The second-order valence-electron chi connectivity index (χ2n) is 16.8. The highest BCUT2D eigenvalue weighted by Gasteiger charge is 2.88. The first-order valence-electron chi connectivity index (χ1n) is 17.6. The van der Waals surface area contributed by atoms with Gasteiger partial charge < -0.3 is 49.6 Å². The van der Waals surface area contributed by atoms with Gasteiger partial charge in [0.05, 0.1) is 31.5 Å². The van der Waals surface area contributed by atoms with Crippen molar-refractivity contribution < 1.29 is 54.4 Å². The molecule has 48 heavy (non-hydrogen) atoms. The smallest absolute Gasteiger partial charge is 0.338 e. The van der Waals surface area contributed by atoms with Gasteiger partial charge in [-0.25, -0.2) is 4.79 Å². The molecule has 14 atom stereocenters. The molecule has 266 valence electrons. The van der Waals surface area contributed by atoms with E-state index in [0.29, 0.717) is 56.1 Å². The molecule has 6 N–H and O–H groups in total. The highest BCUT2D eigenvalue weighted by molar-refractivity contribution is 5.90. The summed E-state index contributed by atoms with van der Waals surface area (Å²) in [4.78, 5) is 15.6. The van der Waals surface area contributed by atoms with Gasteiger partial charge in [-0.3, -0.25) is 4.90 Å². The number of fused-ring (bicyclic) bond motifs is 5. The van der Waals surface area contributed by atoms with Gasteiger partial charge in [0.25, 0.3) is 0 Å². The predicted molar refractivity (Wildman–Crippen MR) is 169 cm³/mol. The van der Waals surface area contributed by atoms with Crippen molar-refractivity contribution in [2.45, 2.75) is 124 Å². The SMILES string of the molecule is COc1ccc(C(=O)O[C@H]2CC[C@@]3(C)C4CCC5[C@]6(O)C[C@H](O)[C@@]7(O)C(CN8CC(C)CCC8[C@@]7(C)O)[C@]6(O)C[C@@]53O[C@]42O)cc1OC. The molecule has 8 rings (SSSR count). The van der Waals surface area contributed by atoms with Crippen molar-refractivity contribution in [1.29, 1.82) is 0 Å². The highest BCUT2D eigenvalue weighted by Crippen LogP contribution is 2.78. The first-order valence-corrected chi connectivity index (χ1v) is 17.6. The summed E-state index contributed by atoms with van der Waals surface area (Å²) in [6.07, 6.45) is 0.172. The normalized spacial score (nSPS) is 53.6. The summed E-state index contributed by atoms with van der Waals surface area (Å²) in [6, 6.07) is 4.28. The zero-order valence-corrected chi connectivity index (χ0v) is 28.5. The number of benzene rings is 1. The van der Waals surface area contributed by atoms with E-state index in [1.165, 1.54) is 20.3 Å². The molecule has 0 radical (unpaired) electrons. The zero-order valence-electron chi connectivity index (χ0n) is 28.5. The van der Waals surface area contributed by atoms with E-state index < -0.39 is 81.2 Å². The van der Waals surface area contributed by atoms with E-state index in [1.54, 1.807) is 19.1 Å². The number of nitrogens with zero attached hydrogens (tertiary/aromatic N) is 1. The molecule has 4 saturated carbocycles. The van der Waals surface area contributed by atoms with Crippen molar-refractivity contribution in [2.75, 3.05) is 27.3 Å². The molecule has 4 bridgehead atoms. The first kappa shape index (κ1) is 33.1. The minimum atomic E-state index is -2.10. The lowest BCUT2D eigenvalue weighted by molar-refractivity contribution is -0.354. The molecule has 7 aliphatic rings. The minimum Gasteiger partial charge on any atom is -0.493 e. The van der Waals surface area contributed by atoms with Gasteiger partial charge in [-0.1, -0.05) is 13.8 Å². The molecule has 0 aromatic heterocycles. The van der Waals surface area contributed by atoms with E-state index in [1.807, 2.05) is 6.92 Å². The van der Waals surface area contributed by atoms with Crippen LogP contribution < -0.4 is 9.47 Å². The van der Waals surface area contributed by atoms with Crippen LogP contribution in [0.15, 0.2) is 18.2 Å². The van der Waals surface area contributed by atoms with Crippen LogP contribution in [0.25, 0.3) is 0 Å². The van der Waals surface area contributed by atoms with Gasteiger partial charge in [0, 0.05) is 55.1 Å². The van der Waals surface area contributed by atoms with Gasteiger partial charge >= 0.3 is 5.97 Å². The average molecular weight is 674 g/mol. The van der Waals surface area contributed by atoms with Crippen LogP contribution in [-0.4, -0.2) is 121 Å². The van der Waals surface area contributed by atoms with E-state index in [9.17, 15) is 35.4 Å². The second-order valence-corrected chi connectivity index (χ2v) is 16.8. The molecule has 4 aliphatic carbocycles. The Hall–Kier alpha value is -2.03. The lowest BCUT2D eigenvalue weighted by atomic mass is 9.49. The maximum Gasteiger partial charge on any atom is 0.338 e. The Balaban J connectivity index is 1.16. The number of carbonyl (C=O) groups excluding carboxylic acids is 1. The van der Waals surface area contributed by atoms with E-state index >= 15 is 0 Å². The fourth-order valence-electron chi connectivity index (χ4n) is 12.6. The number of hydrogen-bond acceptors (Lipinski definition) is 12. The summed E-state index contributed by atoms with van der Waals surface area (Å²) in [5.41, 5.74) is -9.44. The Labute approximate surface area is 280 Å². The number of esters is 1. The maximum absolute atomic E-state index is 13.5. The van der Waals surface area contributed by atoms with Crippen LogP contribution in [0.1, 0.15) is 82.5 Å². The molecular formula is C36H51NO11. The van der Waals surface area contributed by atoms with Crippen molar-refractivity contribution in [3.63, 3.8) is 0 Å². The molecule has 3 saturated heterocycles. The monoisotopic (exact) mass is 673 g/mol. The molecule has 12 nitrogen and oxygen atoms in total. The quantitative estimate of drug-likeness (QED) is 0.253. The molecule has 1 spiro atoms. The lowest BCUT2D eigenvalue weighted by Crippen LogP contribution is -2.85. The molecule has 5 unspecified atom stereocenters. The summed E-state index contributed by atoms with van der Waals surface area (Å²) in [5.74, 6) is -3.63. The van der Waals surface area contributed by atoms with Crippen LogP contribution in [0.4, 0.5) is 0 Å². The van der Waals surface area contributed by atoms with Gasteiger partial charge in [-0.05, 0) is 69.6 Å². The van der Waals surface area contributed by atoms with Crippen molar-refractivity contribution >= 4 is 5.97 Å². The molecule has 1 aromatic carbocycles. The number of aliphatic hydroxyl groups is 6. The number of ether oxygens (including phenoxy) is 4. The fourth-order valence-corrected chi connectivity index (χ4v) is 12.6. The third-order valence-corrected chi connectivity index (χ3v) is 14.9. The van der Waals surface area contributed by atoms with Crippen LogP contribution in [0.5, 0.6) is 11.5 Å². The Morgan fingerprint density at radius 1 is 0.896 bits per heavy atom. The number of methoxy groups -OCH3 is 2. The van der Waals surface area contributed by atoms with Crippen molar-refractivity contribution in [3.8, 4) is 11.5 Å². The zero-order chi connectivity index (χ0) is 34.4. The third kappa shape index (κ3) is 3.66. The van der Waals surface area contributed by atoms with Crippen LogP contribution in [-0.2, 0) is 9.47 Å². The molecular weight excluding hydrogens is 622 g/mol. The van der Waals surface area contributed by atoms with E-state index in [-0.39, 0.29) is 24.9 Å². The van der Waals surface area contributed by atoms with Crippen LogP contribution in [0.3, 0.4) is 0 Å². The fraction of sp³-hybridized carbons (Fsp3) is 0.806. The van der Waals surface area contributed by atoms with Crippen molar-refractivity contribution in [2.24, 2.45) is 29.1 Å². The number of rotatable bonds is 4. The van der Waals surface area contributed by atoms with E-state index in [0.717, 1.165) is 6.42 Å². The van der Waals surface area contributed by atoms with Gasteiger partial charge in [0.1, 0.15) is 22.4 Å². The number of carbonyl (C=O) groups is 1. The molecule has 1 aromatic rings. The number of aliphatic hydroxyl groups excluding tert-OH is 1. The summed E-state index contributed by atoms with van der Waals surface area (Å²) >= 11 is 0. The highest BCUT2D eigenvalue weighted by atomic mass is 16.7. The van der Waals surface area contributed by atoms with E-state index in [2.05, 4.69) is 11.8 Å². The summed E-state index contributed by atoms with van der Waals surface area (Å²) in [7, 11) is 2.97. The predicted octanol–water partition coefficient (Wildman–Crippen LogP) is 1.36. The maximum atomic E-state index is 13.5. The third-order valence-electron chi connectivity index (χ3n) is 14.9. The largest absolute Gasteiger partial charge is 0.493 e. The van der Waals surface area contributed by atoms with Crippen LogP contribution in [0, 0.1) is 29.1 Å². The van der Waals surface area contributed by atoms with Gasteiger partial charge in [-0.15, -0.1) is 0 Å². The molecule has 7 fully saturated rings. The van der Waals surface area contributed by atoms with Gasteiger partial charge in [0.2, 0.25) is 5.79 Å². The van der Waals surface area contributed by atoms with Gasteiger partial charge in [-0.2, -0.15) is 0 Å². The average Bonchev–Trinajstić information content (AvgIpc) is 3.21. The van der Waals surface area contributed by atoms with Crippen LogP contribution in [0.2, 0.25) is 0 Å². The lowest BCUT2D eigenvalue weighted by Gasteiger charge is -2.68. The topological polar surface area (TPSA) is 179 Å². The summed E-state index contributed by atoms with van der Waals surface area (Å²) < 4.78 is 23.5. The summed E-state index contributed by atoms with van der Waals surface area (Å²) in [6.45, 7) is 6.57. The number of piperidine rings is 2. The Morgan fingerprint density at radius 2 is 1.60 bits per heavy atom. The Bertz CT molecular complexity index is 1520. The number of hydrogen-bond donors (Lipinski definition) is 6. The Morgan fingerprint density at radius 3 is 2.31 bits per heavy atom. The van der Waals surface area contributed by atoms with Crippen molar-refractivity contribution in [1.82, 2.24) is 4.90 Å². The van der Waals surface area contributed by atoms with E-state index in [4.69, 9.17) is 18.9 Å². The minimum absolute atomic E-state index is 0.101. The molecule has 3 heterocycles. The molecule has 0 amide bonds. The standard InChI is InChI=1S/C36H51NO11/c1-19-6-11-26-31(3,40)35(43)25(17-37(26)16-19)33(42)18-34-24(32(33,41)15-27(35)38)10-9-23-30(34,2)13-12-28(36(23,44)48-34)47-29(39)20-7-8-21(45-4)22(14-20)46-5/h7-8,14,19,23-28,38,40-44H,6,9-13,15-18H2,1-5H3/t19?,23?,24?,25?,26?,27-,28-,30-,31+,32+,33+,34+,35-,36+/m0/s1. The van der Waals surface area contributed by atoms with Gasteiger partial charge in [0.15, 0.2) is 17.6 Å². The van der Waals surface area contributed by atoms with Crippen molar-refractivity contribution in [3.05, 3.63) is 23.8 Å². The van der Waals surface area contributed by atoms with Crippen LogP contribution >= 0.6 is 0 Å². The second kappa shape index (κ2) is 10.1. The Kier molecular flexibility index (Phi) is 6.94. The molecule has 12 heteroatoms. The molecule has 3 aliphatic heterocycles. The summed E-state index contributed by atoms with van der Waals surface area (Å²) in [5, 5.41) is 74.7.